The van der Waals surface area contributed by atoms with Crippen LogP contribution in [0.15, 0.2) is 24.3 Å². The van der Waals surface area contributed by atoms with Gasteiger partial charge in [-0.15, -0.1) is 0 Å². The largest absolute Gasteiger partial charge is 1.00 e. The molecule has 22 heavy (non-hydrogen) atoms. The molecule has 122 valence electrons. The van der Waals surface area contributed by atoms with Crippen LogP contribution in [0.5, 0.6) is 0 Å². The fourth-order valence-corrected chi connectivity index (χ4v) is 3.50. The fourth-order valence-electron chi connectivity index (χ4n) is 3.50. The lowest BCUT2D eigenvalue weighted by molar-refractivity contribution is -0.434. The first-order valence-corrected chi connectivity index (χ1v) is 7.93. The molecule has 1 heterocycles. The maximum Gasteiger partial charge on any atom is 0.303 e. The Bertz CT molecular complexity index is 568. The third kappa shape index (κ3) is 3.70. The predicted octanol–water partition coefficient (Wildman–Crippen LogP) is 1.12. The summed E-state index contributed by atoms with van der Waals surface area (Å²) in [4.78, 5) is 10.6. The Labute approximate surface area is 150 Å². The topological polar surface area (TPSA) is 40.3 Å². The Balaban J connectivity index is 0.00000242. The zero-order chi connectivity index (χ0) is 15.5. The summed E-state index contributed by atoms with van der Waals surface area (Å²) >= 11 is 0. The number of nitrogens with zero attached hydrogens (tertiary/aromatic N) is 1. The molecule has 0 bridgehead atoms. The minimum atomic E-state index is -0.688. The molecule has 0 saturated heterocycles. The molecule has 0 amide bonds. The maximum absolute atomic E-state index is 10.6. The second kappa shape index (κ2) is 8.09. The Morgan fingerprint density at radius 3 is 2.55 bits per heavy atom. The number of fused-ring (bicyclic) bond motifs is 1. The molecule has 0 aromatic heterocycles. The van der Waals surface area contributed by atoms with Crippen molar-refractivity contribution in [2.24, 2.45) is 0 Å². The molecule has 1 aliphatic rings. The predicted molar refractivity (Wildman–Crippen MR) is 85.7 cm³/mol. The molecule has 0 aliphatic carbocycles. The molecule has 1 atom stereocenters. The van der Waals surface area contributed by atoms with E-state index in [0.717, 1.165) is 32.2 Å². The number of para-hydroxylation sites is 1. The second-order valence-corrected chi connectivity index (χ2v) is 6.13. The molecule has 0 saturated carbocycles. The number of benzene rings is 1. The van der Waals surface area contributed by atoms with Gasteiger partial charge in [0.25, 0.3) is 0 Å². The van der Waals surface area contributed by atoms with Crippen molar-refractivity contribution in [3.05, 3.63) is 29.8 Å². The summed E-state index contributed by atoms with van der Waals surface area (Å²) in [6.07, 6.45) is 4.23. The van der Waals surface area contributed by atoms with E-state index >= 15 is 0 Å². The van der Waals surface area contributed by atoms with Gasteiger partial charge in [0.15, 0.2) is 5.71 Å². The highest BCUT2D eigenvalue weighted by Crippen LogP contribution is 2.42. The molecular formula is C18H26INO2. The smallest absolute Gasteiger partial charge is 0.303 e. The first-order valence-electron chi connectivity index (χ1n) is 7.93. The van der Waals surface area contributed by atoms with Gasteiger partial charge in [-0.2, -0.15) is 4.58 Å². The normalized spacial score (nSPS) is 19.8. The number of unbranched alkanes of at least 4 members (excludes halogenated alkanes) is 2. The van der Waals surface area contributed by atoms with Gasteiger partial charge in [-0.05, 0) is 26.7 Å². The molecule has 0 radical (unpaired) electrons. The van der Waals surface area contributed by atoms with Crippen molar-refractivity contribution < 1.29 is 38.5 Å². The van der Waals surface area contributed by atoms with Crippen LogP contribution in [0.25, 0.3) is 0 Å². The standard InChI is InChI=1S/C18H25NO2.HI/c1-4-19-14(2)18(3,13-9-5-6-12-17(20)21)15-10-7-8-11-16(15)19;/h7-8,10-11H,4-6,9,12-13H2,1-3H3;1H. The van der Waals surface area contributed by atoms with Crippen LogP contribution in [0.2, 0.25) is 0 Å². The Morgan fingerprint density at radius 2 is 1.91 bits per heavy atom. The number of carboxylic acid groups (broad SMARTS) is 1. The minimum absolute atomic E-state index is 0. The van der Waals surface area contributed by atoms with Crippen molar-refractivity contribution in [1.29, 1.82) is 0 Å². The van der Waals surface area contributed by atoms with E-state index in [-0.39, 0.29) is 35.8 Å². The SMILES string of the molecule is CC[N+]1=C(C)C(C)(CCCCCC(=O)O)c2ccccc21.[I-]. The van der Waals surface area contributed by atoms with E-state index in [0.29, 0.717) is 0 Å². The third-order valence-electron chi connectivity index (χ3n) is 4.88. The van der Waals surface area contributed by atoms with Gasteiger partial charge in [-0.25, -0.2) is 0 Å². The molecule has 2 rings (SSSR count). The minimum Gasteiger partial charge on any atom is -1.00 e. The van der Waals surface area contributed by atoms with Crippen LogP contribution < -0.4 is 24.0 Å². The van der Waals surface area contributed by atoms with Gasteiger partial charge in [0.1, 0.15) is 6.54 Å². The van der Waals surface area contributed by atoms with Crippen molar-refractivity contribution in [2.45, 2.75) is 58.3 Å². The highest BCUT2D eigenvalue weighted by atomic mass is 127. The fraction of sp³-hybridized carbons (Fsp3) is 0.556. The first-order chi connectivity index (χ1) is 10.0. The molecule has 1 aliphatic heterocycles. The summed E-state index contributed by atoms with van der Waals surface area (Å²) in [5.74, 6) is -0.688. The zero-order valence-electron chi connectivity index (χ0n) is 13.7. The quantitative estimate of drug-likeness (QED) is 0.412. The van der Waals surface area contributed by atoms with Crippen molar-refractivity contribution >= 4 is 17.4 Å². The monoisotopic (exact) mass is 415 g/mol. The average molecular weight is 415 g/mol. The Hall–Kier alpha value is -0.910. The van der Waals surface area contributed by atoms with E-state index in [2.05, 4.69) is 49.6 Å². The zero-order valence-corrected chi connectivity index (χ0v) is 15.9. The van der Waals surface area contributed by atoms with Crippen LogP contribution in [-0.2, 0) is 10.2 Å². The number of carboxylic acids is 1. The lowest BCUT2D eigenvalue weighted by atomic mass is 9.76. The number of hydrogen-bond donors (Lipinski definition) is 1. The van der Waals surface area contributed by atoms with Gasteiger partial charge in [0.05, 0.1) is 5.41 Å². The van der Waals surface area contributed by atoms with Gasteiger partial charge < -0.3 is 29.1 Å². The van der Waals surface area contributed by atoms with Crippen LogP contribution >= 0.6 is 0 Å². The third-order valence-corrected chi connectivity index (χ3v) is 4.88. The summed E-state index contributed by atoms with van der Waals surface area (Å²) in [6.45, 7) is 7.76. The van der Waals surface area contributed by atoms with Crippen molar-refractivity contribution in [2.75, 3.05) is 6.54 Å². The van der Waals surface area contributed by atoms with E-state index in [1.807, 2.05) is 0 Å². The van der Waals surface area contributed by atoms with E-state index in [1.54, 1.807) is 0 Å². The van der Waals surface area contributed by atoms with Gasteiger partial charge in [0.2, 0.25) is 5.69 Å². The molecule has 3 nitrogen and oxygen atoms in total. The van der Waals surface area contributed by atoms with Crippen molar-refractivity contribution in [1.82, 2.24) is 0 Å². The van der Waals surface area contributed by atoms with Crippen LogP contribution in [0.1, 0.15) is 58.4 Å². The summed E-state index contributed by atoms with van der Waals surface area (Å²) in [7, 11) is 0. The van der Waals surface area contributed by atoms with Crippen LogP contribution in [-0.4, -0.2) is 27.9 Å². The first kappa shape index (κ1) is 19.1. The Morgan fingerprint density at radius 1 is 1.23 bits per heavy atom. The number of rotatable bonds is 7. The summed E-state index contributed by atoms with van der Waals surface area (Å²) in [5.41, 5.74) is 4.27. The summed E-state index contributed by atoms with van der Waals surface area (Å²) in [5, 5.41) is 8.70. The molecule has 0 fully saturated rings. The number of carbonyl (C=O) groups is 1. The Kier molecular flexibility index (Phi) is 7.03. The molecule has 4 heteroatoms. The highest BCUT2D eigenvalue weighted by Gasteiger charge is 2.45. The molecule has 1 aromatic rings. The lowest BCUT2D eigenvalue weighted by Crippen LogP contribution is -3.00. The number of aliphatic carboxylic acids is 1. The summed E-state index contributed by atoms with van der Waals surface area (Å²) in [6, 6.07) is 8.67. The number of hydrogen-bond acceptors (Lipinski definition) is 1. The van der Waals surface area contributed by atoms with Crippen molar-refractivity contribution in [3.63, 3.8) is 0 Å². The van der Waals surface area contributed by atoms with E-state index in [4.69, 9.17) is 5.11 Å². The van der Waals surface area contributed by atoms with Gasteiger partial charge >= 0.3 is 5.97 Å². The van der Waals surface area contributed by atoms with Crippen LogP contribution in [0, 0.1) is 0 Å². The lowest BCUT2D eigenvalue weighted by Gasteiger charge is -2.22. The number of halogens is 1. The average Bonchev–Trinajstić information content (AvgIpc) is 2.67. The van der Waals surface area contributed by atoms with Gasteiger partial charge in [0, 0.05) is 25.0 Å². The van der Waals surface area contributed by atoms with Crippen LogP contribution in [0.3, 0.4) is 0 Å². The van der Waals surface area contributed by atoms with E-state index in [9.17, 15) is 4.79 Å². The molecule has 1 N–H and O–H groups in total. The molecular weight excluding hydrogens is 389 g/mol. The molecule has 1 unspecified atom stereocenters. The maximum atomic E-state index is 10.6. The van der Waals surface area contributed by atoms with Crippen molar-refractivity contribution in [3.8, 4) is 0 Å². The van der Waals surface area contributed by atoms with Crippen LogP contribution in [0.4, 0.5) is 5.69 Å². The van der Waals surface area contributed by atoms with Gasteiger partial charge in [-0.3, -0.25) is 4.79 Å². The van der Waals surface area contributed by atoms with E-state index in [1.165, 1.54) is 17.0 Å². The second-order valence-electron chi connectivity index (χ2n) is 6.13. The van der Waals surface area contributed by atoms with E-state index < -0.39 is 5.97 Å². The van der Waals surface area contributed by atoms with Gasteiger partial charge in [-0.1, -0.05) is 31.0 Å². The summed E-state index contributed by atoms with van der Waals surface area (Å²) < 4.78 is 2.41. The molecule has 1 aromatic carbocycles. The highest BCUT2D eigenvalue weighted by molar-refractivity contribution is 5.93. The molecule has 0 spiro atoms.